The quantitative estimate of drug-likeness (QED) is 0.764. The van der Waals surface area contributed by atoms with E-state index in [0.717, 1.165) is 16.7 Å². The SMILES string of the molecule is BrCc1ccnc(-c2ccccn2)c1. The Morgan fingerprint density at radius 3 is 2.57 bits per heavy atom. The van der Waals surface area contributed by atoms with E-state index < -0.39 is 0 Å². The Hall–Kier alpha value is -1.22. The highest BCUT2D eigenvalue weighted by Gasteiger charge is 1.99. The lowest BCUT2D eigenvalue weighted by molar-refractivity contribution is 1.22. The Kier molecular flexibility index (Phi) is 2.89. The first kappa shape index (κ1) is 9.34. The number of alkyl halides is 1. The van der Waals surface area contributed by atoms with Gasteiger partial charge >= 0.3 is 0 Å². The van der Waals surface area contributed by atoms with Crippen molar-refractivity contribution >= 4 is 15.9 Å². The van der Waals surface area contributed by atoms with Gasteiger partial charge in [-0.15, -0.1) is 0 Å². The number of hydrogen-bond acceptors (Lipinski definition) is 2. The van der Waals surface area contributed by atoms with Crippen LogP contribution in [0.3, 0.4) is 0 Å². The fraction of sp³-hybridized carbons (Fsp3) is 0.0909. The summed E-state index contributed by atoms with van der Waals surface area (Å²) in [5.74, 6) is 0. The molecule has 0 saturated heterocycles. The molecule has 2 rings (SSSR count). The molecule has 14 heavy (non-hydrogen) atoms. The maximum absolute atomic E-state index is 4.27. The summed E-state index contributed by atoms with van der Waals surface area (Å²) in [6, 6.07) is 9.85. The summed E-state index contributed by atoms with van der Waals surface area (Å²) in [5.41, 5.74) is 3.04. The number of pyridine rings is 2. The Balaban J connectivity index is 2.42. The van der Waals surface area contributed by atoms with E-state index in [-0.39, 0.29) is 0 Å². The average molecular weight is 249 g/mol. The molecule has 0 atom stereocenters. The topological polar surface area (TPSA) is 25.8 Å². The lowest BCUT2D eigenvalue weighted by Gasteiger charge is -2.00. The van der Waals surface area contributed by atoms with E-state index in [1.54, 1.807) is 12.4 Å². The zero-order chi connectivity index (χ0) is 9.80. The van der Waals surface area contributed by atoms with Crippen molar-refractivity contribution in [3.8, 4) is 11.4 Å². The van der Waals surface area contributed by atoms with Crippen molar-refractivity contribution < 1.29 is 0 Å². The van der Waals surface area contributed by atoms with E-state index in [1.165, 1.54) is 5.56 Å². The normalized spacial score (nSPS) is 10.1. The summed E-state index contributed by atoms with van der Waals surface area (Å²) in [5, 5.41) is 0.843. The molecule has 0 aromatic carbocycles. The first-order valence-electron chi connectivity index (χ1n) is 4.32. The number of nitrogens with zero attached hydrogens (tertiary/aromatic N) is 2. The Morgan fingerprint density at radius 1 is 1.00 bits per heavy atom. The maximum atomic E-state index is 4.27. The third-order valence-electron chi connectivity index (χ3n) is 1.91. The van der Waals surface area contributed by atoms with E-state index in [9.17, 15) is 0 Å². The van der Waals surface area contributed by atoms with Crippen LogP contribution in [0.15, 0.2) is 42.7 Å². The molecule has 2 aromatic rings. The summed E-state index contributed by atoms with van der Waals surface area (Å²) in [7, 11) is 0. The Bertz CT molecular complexity index is 415. The predicted octanol–water partition coefficient (Wildman–Crippen LogP) is 3.04. The lowest BCUT2D eigenvalue weighted by atomic mass is 10.2. The van der Waals surface area contributed by atoms with Gasteiger partial charge in [-0.05, 0) is 29.8 Å². The number of halogens is 1. The third-order valence-corrected chi connectivity index (χ3v) is 2.55. The largest absolute Gasteiger partial charge is 0.255 e. The van der Waals surface area contributed by atoms with E-state index in [1.807, 2.05) is 30.3 Å². The van der Waals surface area contributed by atoms with Gasteiger partial charge in [-0.1, -0.05) is 22.0 Å². The van der Waals surface area contributed by atoms with Crippen molar-refractivity contribution in [3.63, 3.8) is 0 Å². The van der Waals surface area contributed by atoms with Crippen LogP contribution in [-0.2, 0) is 5.33 Å². The van der Waals surface area contributed by atoms with E-state index >= 15 is 0 Å². The van der Waals surface area contributed by atoms with Gasteiger partial charge < -0.3 is 0 Å². The first-order chi connectivity index (χ1) is 6.90. The van der Waals surface area contributed by atoms with Gasteiger partial charge in [0.2, 0.25) is 0 Å². The molecule has 2 heterocycles. The van der Waals surface area contributed by atoms with Gasteiger partial charge in [-0.3, -0.25) is 9.97 Å². The molecule has 0 radical (unpaired) electrons. The van der Waals surface area contributed by atoms with Gasteiger partial charge in [-0.25, -0.2) is 0 Å². The monoisotopic (exact) mass is 248 g/mol. The number of hydrogen-bond donors (Lipinski definition) is 0. The van der Waals surface area contributed by atoms with Crippen molar-refractivity contribution in [3.05, 3.63) is 48.3 Å². The summed E-state index contributed by atoms with van der Waals surface area (Å²) < 4.78 is 0. The molecule has 0 N–H and O–H groups in total. The maximum Gasteiger partial charge on any atom is 0.0889 e. The molecular weight excluding hydrogens is 240 g/mol. The smallest absolute Gasteiger partial charge is 0.0889 e. The van der Waals surface area contributed by atoms with Crippen LogP contribution in [-0.4, -0.2) is 9.97 Å². The summed E-state index contributed by atoms with van der Waals surface area (Å²) >= 11 is 3.42. The summed E-state index contributed by atoms with van der Waals surface area (Å²) in [6.45, 7) is 0. The Labute approximate surface area is 91.2 Å². The van der Waals surface area contributed by atoms with Crippen LogP contribution in [0.4, 0.5) is 0 Å². The van der Waals surface area contributed by atoms with Crippen molar-refractivity contribution in [2.75, 3.05) is 0 Å². The molecule has 0 fully saturated rings. The van der Waals surface area contributed by atoms with E-state index in [0.29, 0.717) is 0 Å². The molecule has 0 unspecified atom stereocenters. The second kappa shape index (κ2) is 4.33. The van der Waals surface area contributed by atoms with E-state index in [4.69, 9.17) is 0 Å². The minimum absolute atomic E-state index is 0.843. The highest BCUT2D eigenvalue weighted by Crippen LogP contribution is 2.15. The van der Waals surface area contributed by atoms with Crippen molar-refractivity contribution in [2.45, 2.75) is 5.33 Å². The molecule has 0 saturated carbocycles. The molecule has 3 heteroatoms. The molecular formula is C11H9BrN2. The van der Waals surface area contributed by atoms with Crippen LogP contribution in [0.1, 0.15) is 5.56 Å². The minimum atomic E-state index is 0.843. The van der Waals surface area contributed by atoms with Crippen LogP contribution >= 0.6 is 15.9 Å². The summed E-state index contributed by atoms with van der Waals surface area (Å²) in [6.07, 6.45) is 3.58. The molecule has 0 spiro atoms. The zero-order valence-corrected chi connectivity index (χ0v) is 9.11. The molecule has 0 aliphatic rings. The van der Waals surface area contributed by atoms with Gasteiger partial charge in [0.25, 0.3) is 0 Å². The van der Waals surface area contributed by atoms with Crippen molar-refractivity contribution in [1.29, 1.82) is 0 Å². The van der Waals surface area contributed by atoms with Gasteiger partial charge in [0, 0.05) is 17.7 Å². The molecule has 0 aliphatic heterocycles. The molecule has 2 aromatic heterocycles. The molecule has 2 nitrogen and oxygen atoms in total. The van der Waals surface area contributed by atoms with E-state index in [2.05, 4.69) is 25.9 Å². The predicted molar refractivity (Wildman–Crippen MR) is 60.1 cm³/mol. The van der Waals surface area contributed by atoms with Crippen LogP contribution in [0.5, 0.6) is 0 Å². The Morgan fingerprint density at radius 2 is 1.86 bits per heavy atom. The standard InChI is InChI=1S/C11H9BrN2/c12-8-9-4-6-14-11(7-9)10-3-1-2-5-13-10/h1-7H,8H2. The second-order valence-electron chi connectivity index (χ2n) is 2.90. The van der Waals surface area contributed by atoms with Gasteiger partial charge in [0.15, 0.2) is 0 Å². The highest BCUT2D eigenvalue weighted by atomic mass is 79.9. The van der Waals surface area contributed by atoms with Crippen LogP contribution in [0.2, 0.25) is 0 Å². The highest BCUT2D eigenvalue weighted by molar-refractivity contribution is 9.08. The van der Waals surface area contributed by atoms with Gasteiger partial charge in [0.1, 0.15) is 0 Å². The van der Waals surface area contributed by atoms with Gasteiger partial charge in [-0.2, -0.15) is 0 Å². The lowest BCUT2D eigenvalue weighted by Crippen LogP contribution is -1.87. The fourth-order valence-corrected chi connectivity index (χ4v) is 1.56. The van der Waals surface area contributed by atoms with Crippen molar-refractivity contribution in [1.82, 2.24) is 9.97 Å². The van der Waals surface area contributed by atoms with Crippen LogP contribution < -0.4 is 0 Å². The molecule has 0 bridgehead atoms. The second-order valence-corrected chi connectivity index (χ2v) is 3.46. The molecule has 0 amide bonds. The van der Waals surface area contributed by atoms with Gasteiger partial charge in [0.05, 0.1) is 11.4 Å². The number of rotatable bonds is 2. The zero-order valence-electron chi connectivity index (χ0n) is 7.52. The molecule has 70 valence electrons. The average Bonchev–Trinajstić information content (AvgIpc) is 2.30. The number of aromatic nitrogens is 2. The fourth-order valence-electron chi connectivity index (χ4n) is 1.21. The van der Waals surface area contributed by atoms with Crippen molar-refractivity contribution in [2.24, 2.45) is 0 Å². The summed E-state index contributed by atoms with van der Waals surface area (Å²) in [4.78, 5) is 8.52. The van der Waals surface area contributed by atoms with Crippen LogP contribution in [0, 0.1) is 0 Å². The third kappa shape index (κ3) is 1.99. The minimum Gasteiger partial charge on any atom is -0.255 e. The van der Waals surface area contributed by atoms with Crippen LogP contribution in [0.25, 0.3) is 11.4 Å². The molecule has 0 aliphatic carbocycles. The first-order valence-corrected chi connectivity index (χ1v) is 5.44.